The number of unbranched alkanes of at least 4 members (excludes halogenated alkanes) is 1. The summed E-state index contributed by atoms with van der Waals surface area (Å²) in [5.41, 5.74) is -1.28. The van der Waals surface area contributed by atoms with Crippen LogP contribution in [0.15, 0.2) is 0 Å². The lowest BCUT2D eigenvalue weighted by Crippen LogP contribution is -2.63. The topological polar surface area (TPSA) is 174 Å². The predicted molar refractivity (Wildman–Crippen MR) is 193 cm³/mol. The van der Waals surface area contributed by atoms with Crippen molar-refractivity contribution < 1.29 is 32.4 Å². The molecule has 3 rings (SSSR count). The van der Waals surface area contributed by atoms with E-state index in [1.54, 1.807) is 18.7 Å². The van der Waals surface area contributed by atoms with Crippen LogP contribution in [0.3, 0.4) is 0 Å². The minimum absolute atomic E-state index is 0.0595. The van der Waals surface area contributed by atoms with Crippen molar-refractivity contribution in [3.8, 4) is 0 Å². The van der Waals surface area contributed by atoms with Crippen LogP contribution in [0.1, 0.15) is 114 Å². The van der Waals surface area contributed by atoms with Gasteiger partial charge in [-0.2, -0.15) is 0 Å². The van der Waals surface area contributed by atoms with Gasteiger partial charge in [-0.15, -0.1) is 0 Å². The van der Waals surface area contributed by atoms with Crippen molar-refractivity contribution in [2.45, 2.75) is 138 Å². The lowest BCUT2D eigenvalue weighted by atomic mass is 9.70. The van der Waals surface area contributed by atoms with Gasteiger partial charge >= 0.3 is 6.03 Å². The summed E-state index contributed by atoms with van der Waals surface area (Å²) in [4.78, 5) is 70.0. The average Bonchev–Trinajstić information content (AvgIpc) is 3.34. The highest BCUT2D eigenvalue weighted by Gasteiger charge is 2.70. The van der Waals surface area contributed by atoms with E-state index in [9.17, 15) is 32.4 Å². The van der Waals surface area contributed by atoms with E-state index < -0.39 is 68.6 Å². The number of hydrogen-bond acceptors (Lipinski definition) is 7. The number of sulfonamides is 1. The zero-order chi connectivity index (χ0) is 37.8. The van der Waals surface area contributed by atoms with Gasteiger partial charge in [-0.05, 0) is 61.2 Å². The van der Waals surface area contributed by atoms with Gasteiger partial charge in [0.15, 0.2) is 0 Å². The van der Waals surface area contributed by atoms with Gasteiger partial charge in [-0.25, -0.2) is 17.5 Å². The normalized spacial score (nSPS) is 24.4. The number of nitrogens with one attached hydrogen (secondary N) is 4. The second kappa shape index (κ2) is 16.3. The zero-order valence-electron chi connectivity index (χ0n) is 32.1. The average molecular weight is 725 g/mol. The first-order valence-corrected chi connectivity index (χ1v) is 20.2. The molecule has 0 radical (unpaired) electrons. The fourth-order valence-corrected chi connectivity index (χ4v) is 8.78. The molecule has 5 amide bonds. The number of carbonyl (C=O) groups excluding carboxylic acids is 5. The zero-order valence-corrected chi connectivity index (χ0v) is 32.9. The van der Waals surface area contributed by atoms with Gasteiger partial charge in [0.2, 0.25) is 27.6 Å². The maximum Gasteiger partial charge on any atom is 0.315 e. The lowest BCUT2D eigenvalue weighted by Gasteiger charge is -2.43. The Morgan fingerprint density at radius 3 is 2.10 bits per heavy atom. The molecule has 6 atom stereocenters. The number of fused-ring (bicyclic) bond motifs is 1. The lowest BCUT2D eigenvalue weighted by molar-refractivity contribution is -0.146. The molecule has 0 aromatic rings. The predicted octanol–water partition coefficient (Wildman–Crippen LogP) is 3.18. The van der Waals surface area contributed by atoms with E-state index in [0.717, 1.165) is 25.7 Å². The number of piperidine rings is 1. The molecule has 0 bridgehead atoms. The van der Waals surface area contributed by atoms with Gasteiger partial charge in [-0.3, -0.25) is 19.2 Å². The van der Waals surface area contributed by atoms with Gasteiger partial charge in [0.25, 0.3) is 5.91 Å². The van der Waals surface area contributed by atoms with Crippen molar-refractivity contribution in [3.05, 3.63) is 0 Å². The number of likely N-dealkylation sites (N-methyl/N-ethyl adjacent to an activating group) is 2. The van der Waals surface area contributed by atoms with E-state index in [4.69, 9.17) is 0 Å². The van der Waals surface area contributed by atoms with Crippen molar-refractivity contribution in [2.75, 3.05) is 32.4 Å². The number of amides is 5. The monoisotopic (exact) mass is 724 g/mol. The highest BCUT2D eigenvalue weighted by Crippen LogP contribution is 2.65. The first kappa shape index (κ1) is 41.7. The number of urea groups is 1. The number of likely N-dealkylation sites (tertiary alicyclic amines) is 1. The molecule has 0 spiro atoms. The van der Waals surface area contributed by atoms with Crippen LogP contribution in [-0.4, -0.2) is 104 Å². The molecule has 14 heteroatoms. The van der Waals surface area contributed by atoms with Crippen molar-refractivity contribution in [1.82, 2.24) is 30.5 Å². The second-order valence-corrected chi connectivity index (χ2v) is 19.0. The van der Waals surface area contributed by atoms with E-state index >= 15 is 0 Å². The van der Waals surface area contributed by atoms with Crippen LogP contribution in [0.5, 0.6) is 0 Å². The Labute approximate surface area is 300 Å². The third-order valence-electron chi connectivity index (χ3n) is 11.6. The molecular weight excluding hydrogens is 660 g/mol. The largest absolute Gasteiger partial charge is 0.350 e. The van der Waals surface area contributed by atoms with Crippen molar-refractivity contribution in [3.63, 3.8) is 0 Å². The molecule has 4 N–H and O–H groups in total. The SMILES string of the molecule is CCCCC(NC(=O)[C@@H]1[C@@H]2[C@H](CN1C(=O)[C@@H](NC(=O)N[C@H](CN(C)S(=O)(=O)CC)C(C)(C)C)C1(C)CCCCC1)C2(C)C)C(=O)C(=O)NCC. The summed E-state index contributed by atoms with van der Waals surface area (Å²) in [5, 5.41) is 11.4. The van der Waals surface area contributed by atoms with Crippen LogP contribution in [0.25, 0.3) is 0 Å². The van der Waals surface area contributed by atoms with Gasteiger partial charge in [0, 0.05) is 32.7 Å². The molecule has 286 valence electrons. The molecule has 1 unspecified atom stereocenters. The quantitative estimate of drug-likeness (QED) is 0.177. The standard InChI is InChI=1S/C36H64N6O7S/c1-11-14-18-24(28(43)31(45)37-12-2)38-30(44)27-26-23(35(26,7)8)21-42(27)32(46)29(36(9)19-16-15-17-20-36)40-33(47)39-25(34(4,5)6)22-41(10)50(48,49)13-3/h23-27,29H,11-22H2,1-10H3,(H,37,45)(H,38,44)(H2,39,40,47)/t23-,24?,25+,26-,27-,29+/m0/s1. The maximum absolute atomic E-state index is 14.8. The van der Waals surface area contributed by atoms with Crippen LogP contribution in [0.2, 0.25) is 0 Å². The Balaban J connectivity index is 1.92. The Kier molecular flexibility index (Phi) is 13.6. The first-order chi connectivity index (χ1) is 23.2. The number of rotatable bonds is 16. The Hall–Kier alpha value is -2.74. The van der Waals surface area contributed by atoms with E-state index in [-0.39, 0.29) is 42.0 Å². The van der Waals surface area contributed by atoms with Gasteiger partial charge in [-0.1, -0.05) is 80.6 Å². The molecule has 0 aromatic heterocycles. The van der Waals surface area contributed by atoms with Crippen LogP contribution < -0.4 is 21.3 Å². The van der Waals surface area contributed by atoms with Crippen molar-refractivity contribution in [2.24, 2.45) is 28.1 Å². The van der Waals surface area contributed by atoms with E-state index in [0.29, 0.717) is 32.2 Å². The molecule has 13 nitrogen and oxygen atoms in total. The number of ketones is 1. The molecule has 1 aliphatic heterocycles. The minimum Gasteiger partial charge on any atom is -0.350 e. The second-order valence-electron chi connectivity index (χ2n) is 16.7. The highest BCUT2D eigenvalue weighted by molar-refractivity contribution is 7.89. The third-order valence-corrected chi connectivity index (χ3v) is 13.5. The third kappa shape index (κ3) is 9.37. The molecule has 50 heavy (non-hydrogen) atoms. The summed E-state index contributed by atoms with van der Waals surface area (Å²) in [6.45, 7) is 17.9. The van der Waals surface area contributed by atoms with Crippen LogP contribution in [0.4, 0.5) is 4.79 Å². The van der Waals surface area contributed by atoms with Crippen LogP contribution >= 0.6 is 0 Å². The van der Waals surface area contributed by atoms with Crippen LogP contribution in [0, 0.1) is 28.1 Å². The maximum atomic E-state index is 14.8. The van der Waals surface area contributed by atoms with E-state index in [1.807, 2.05) is 34.6 Å². The molecule has 2 saturated carbocycles. The van der Waals surface area contributed by atoms with Crippen LogP contribution in [-0.2, 0) is 29.2 Å². The summed E-state index contributed by atoms with van der Waals surface area (Å²) in [6.07, 6.45) is 5.97. The fraction of sp³-hybridized carbons (Fsp3) is 0.861. The summed E-state index contributed by atoms with van der Waals surface area (Å²) in [5.74, 6) is -2.37. The Morgan fingerprint density at radius 2 is 1.56 bits per heavy atom. The summed E-state index contributed by atoms with van der Waals surface area (Å²) >= 11 is 0. The van der Waals surface area contributed by atoms with E-state index in [1.165, 1.54) is 11.4 Å². The smallest absolute Gasteiger partial charge is 0.315 e. The molecule has 3 aliphatic rings. The number of nitrogens with zero attached hydrogens (tertiary/aromatic N) is 2. The van der Waals surface area contributed by atoms with Crippen molar-refractivity contribution in [1.29, 1.82) is 0 Å². The van der Waals surface area contributed by atoms with Gasteiger partial charge in [0.1, 0.15) is 12.1 Å². The van der Waals surface area contributed by atoms with Gasteiger partial charge < -0.3 is 26.2 Å². The molecular formula is C36H64N6O7S. The number of carbonyl (C=O) groups is 5. The molecule has 3 fully saturated rings. The molecule has 1 saturated heterocycles. The molecule has 1 heterocycles. The minimum atomic E-state index is -3.50. The molecule has 2 aliphatic carbocycles. The number of Topliss-reactive ketones (excluding diaryl/α,β-unsaturated/α-hetero) is 1. The molecule has 0 aromatic carbocycles. The summed E-state index contributed by atoms with van der Waals surface area (Å²) in [6, 6.07) is -3.95. The fourth-order valence-electron chi connectivity index (χ4n) is 7.96. The van der Waals surface area contributed by atoms with Crippen molar-refractivity contribution >= 4 is 39.6 Å². The first-order valence-electron chi connectivity index (χ1n) is 18.6. The Bertz CT molecular complexity index is 1370. The summed E-state index contributed by atoms with van der Waals surface area (Å²) < 4.78 is 26.4. The van der Waals surface area contributed by atoms with E-state index in [2.05, 4.69) is 35.1 Å². The number of hydrogen-bond donors (Lipinski definition) is 4. The Morgan fingerprint density at radius 1 is 0.940 bits per heavy atom. The summed E-state index contributed by atoms with van der Waals surface area (Å²) in [7, 11) is -2.00. The van der Waals surface area contributed by atoms with Gasteiger partial charge in [0.05, 0.1) is 11.8 Å². The highest BCUT2D eigenvalue weighted by atomic mass is 32.2.